The highest BCUT2D eigenvalue weighted by molar-refractivity contribution is 6.05. The highest BCUT2D eigenvalue weighted by Gasteiger charge is 2.30. The van der Waals surface area contributed by atoms with Crippen LogP contribution in [0.1, 0.15) is 10.5 Å². The fourth-order valence-corrected chi connectivity index (χ4v) is 3.94. The molecule has 31 heavy (non-hydrogen) atoms. The van der Waals surface area contributed by atoms with Crippen LogP contribution in [0.25, 0.3) is 22.3 Å². The van der Waals surface area contributed by atoms with Crippen molar-refractivity contribution in [1.29, 1.82) is 0 Å². The maximum atomic E-state index is 13.2. The Bertz CT molecular complexity index is 1270. The molecule has 1 aliphatic heterocycles. The van der Waals surface area contributed by atoms with E-state index in [-0.39, 0.29) is 5.91 Å². The smallest absolute Gasteiger partial charge is 0.278 e. The van der Waals surface area contributed by atoms with E-state index < -0.39 is 0 Å². The molecular formula is C22H21N5O4. The molecule has 1 amide bonds. The van der Waals surface area contributed by atoms with E-state index in [0.717, 1.165) is 16.6 Å². The second-order valence-electron chi connectivity index (χ2n) is 7.09. The number of methoxy groups -OCH3 is 3. The number of ether oxygens (including phenoxy) is 3. The molecule has 2 aromatic carbocycles. The molecule has 9 heteroatoms. The minimum Gasteiger partial charge on any atom is -0.493 e. The second kappa shape index (κ2) is 7.35. The second-order valence-corrected chi connectivity index (χ2v) is 7.09. The van der Waals surface area contributed by atoms with Gasteiger partial charge >= 0.3 is 0 Å². The van der Waals surface area contributed by atoms with Gasteiger partial charge in [0.2, 0.25) is 11.7 Å². The van der Waals surface area contributed by atoms with E-state index in [0.29, 0.717) is 47.7 Å². The van der Waals surface area contributed by atoms with Crippen molar-refractivity contribution in [2.75, 3.05) is 32.8 Å². The third kappa shape index (κ3) is 2.97. The van der Waals surface area contributed by atoms with Gasteiger partial charge in [-0.25, -0.2) is 4.98 Å². The topological polar surface area (TPSA) is 94.5 Å². The van der Waals surface area contributed by atoms with E-state index in [4.69, 9.17) is 14.2 Å². The van der Waals surface area contributed by atoms with Crippen molar-refractivity contribution in [3.8, 4) is 28.5 Å². The molecule has 4 aromatic rings. The average molecular weight is 419 g/mol. The molecule has 0 unspecified atom stereocenters. The first kappa shape index (κ1) is 19.0. The summed E-state index contributed by atoms with van der Waals surface area (Å²) in [7, 11) is 4.66. The number of hydrogen-bond donors (Lipinski definition) is 1. The van der Waals surface area contributed by atoms with Crippen LogP contribution < -0.4 is 19.1 Å². The minimum absolute atomic E-state index is 0.180. The van der Waals surface area contributed by atoms with Gasteiger partial charge in [0.05, 0.1) is 38.1 Å². The van der Waals surface area contributed by atoms with Crippen molar-refractivity contribution in [1.82, 2.24) is 19.7 Å². The SMILES string of the molecule is COc1cc(-c2cc(C(=O)N3CCn4c3nc3ccccc34)[nH]n2)cc(OC)c1OC. The first-order valence-corrected chi connectivity index (χ1v) is 9.77. The number of amides is 1. The number of benzene rings is 2. The summed E-state index contributed by atoms with van der Waals surface area (Å²) in [4.78, 5) is 19.5. The van der Waals surface area contributed by atoms with E-state index in [1.54, 1.807) is 44.4 Å². The van der Waals surface area contributed by atoms with Crippen LogP contribution in [0.4, 0.5) is 5.95 Å². The highest BCUT2D eigenvalue weighted by Crippen LogP contribution is 2.41. The lowest BCUT2D eigenvalue weighted by atomic mass is 10.1. The summed E-state index contributed by atoms with van der Waals surface area (Å²) in [5, 5.41) is 7.19. The predicted molar refractivity (Wildman–Crippen MR) is 115 cm³/mol. The summed E-state index contributed by atoms with van der Waals surface area (Å²) in [5.74, 6) is 1.99. The maximum absolute atomic E-state index is 13.2. The van der Waals surface area contributed by atoms with Gasteiger partial charge in [-0.3, -0.25) is 14.8 Å². The predicted octanol–water partition coefficient (Wildman–Crippen LogP) is 3.11. The summed E-state index contributed by atoms with van der Waals surface area (Å²) >= 11 is 0. The third-order valence-electron chi connectivity index (χ3n) is 5.44. The van der Waals surface area contributed by atoms with Crippen LogP contribution in [0.5, 0.6) is 17.2 Å². The number of aromatic nitrogens is 4. The molecule has 158 valence electrons. The number of hydrogen-bond acceptors (Lipinski definition) is 6. The number of para-hydroxylation sites is 2. The quantitative estimate of drug-likeness (QED) is 0.534. The van der Waals surface area contributed by atoms with E-state index in [1.165, 1.54) is 0 Å². The molecule has 0 bridgehead atoms. The lowest BCUT2D eigenvalue weighted by Gasteiger charge is -2.13. The number of carbonyl (C=O) groups excluding carboxylic acids is 1. The molecule has 0 atom stereocenters. The van der Waals surface area contributed by atoms with Gasteiger partial charge in [0.15, 0.2) is 11.5 Å². The molecule has 0 saturated heterocycles. The average Bonchev–Trinajstić information content (AvgIpc) is 3.52. The summed E-state index contributed by atoms with van der Waals surface area (Å²) in [6.45, 7) is 1.26. The first-order chi connectivity index (χ1) is 15.1. The van der Waals surface area contributed by atoms with Gasteiger partial charge in [0.1, 0.15) is 5.69 Å². The van der Waals surface area contributed by atoms with Gasteiger partial charge in [-0.1, -0.05) is 12.1 Å². The Balaban J connectivity index is 1.48. The standard InChI is InChI=1S/C22H21N5O4/c1-29-18-10-13(11-19(30-2)20(18)31-3)15-12-16(25-24-15)21(28)27-9-8-26-17-7-5-4-6-14(17)23-22(26)27/h4-7,10-12H,8-9H2,1-3H3,(H,24,25). The normalized spacial score (nSPS) is 12.8. The molecule has 0 spiro atoms. The van der Waals surface area contributed by atoms with E-state index in [2.05, 4.69) is 19.7 Å². The van der Waals surface area contributed by atoms with Crippen molar-refractivity contribution in [3.05, 3.63) is 48.2 Å². The third-order valence-corrected chi connectivity index (χ3v) is 5.44. The summed E-state index contributed by atoms with van der Waals surface area (Å²) in [6.07, 6.45) is 0. The number of nitrogens with one attached hydrogen (secondary N) is 1. The monoisotopic (exact) mass is 419 g/mol. The Morgan fingerprint density at radius 3 is 2.45 bits per heavy atom. The Morgan fingerprint density at radius 2 is 1.74 bits per heavy atom. The molecule has 2 aromatic heterocycles. The summed E-state index contributed by atoms with van der Waals surface area (Å²) in [5.41, 5.74) is 3.60. The molecule has 3 heterocycles. The van der Waals surface area contributed by atoms with Gasteiger partial charge < -0.3 is 18.8 Å². The minimum atomic E-state index is -0.180. The zero-order valence-electron chi connectivity index (χ0n) is 17.4. The number of fused-ring (bicyclic) bond motifs is 3. The lowest BCUT2D eigenvalue weighted by molar-refractivity contribution is 0.0984. The molecule has 5 rings (SSSR count). The van der Waals surface area contributed by atoms with Crippen LogP contribution >= 0.6 is 0 Å². The zero-order chi connectivity index (χ0) is 21.5. The van der Waals surface area contributed by atoms with Crippen LogP contribution in [0.2, 0.25) is 0 Å². The lowest BCUT2D eigenvalue weighted by Crippen LogP contribution is -2.29. The number of H-pyrrole nitrogens is 1. The fraction of sp³-hybridized carbons (Fsp3) is 0.227. The van der Waals surface area contributed by atoms with Gasteiger partial charge in [-0.15, -0.1) is 0 Å². The van der Waals surface area contributed by atoms with Crippen LogP contribution in [0.15, 0.2) is 42.5 Å². The molecule has 1 N–H and O–H groups in total. The van der Waals surface area contributed by atoms with Crippen LogP contribution in [0, 0.1) is 0 Å². The van der Waals surface area contributed by atoms with Gasteiger partial charge in [0, 0.05) is 18.7 Å². The number of nitrogens with zero attached hydrogens (tertiary/aromatic N) is 4. The molecular weight excluding hydrogens is 398 g/mol. The van der Waals surface area contributed by atoms with Gasteiger partial charge in [-0.2, -0.15) is 5.10 Å². The maximum Gasteiger partial charge on any atom is 0.278 e. The number of aromatic amines is 1. The number of rotatable bonds is 5. The molecule has 0 aliphatic carbocycles. The highest BCUT2D eigenvalue weighted by atomic mass is 16.5. The molecule has 0 radical (unpaired) electrons. The number of anilines is 1. The van der Waals surface area contributed by atoms with Gasteiger partial charge in [0.25, 0.3) is 5.91 Å². The van der Waals surface area contributed by atoms with Crippen molar-refractivity contribution in [2.45, 2.75) is 6.54 Å². The Labute approximate surface area is 178 Å². The van der Waals surface area contributed by atoms with E-state index in [9.17, 15) is 4.79 Å². The van der Waals surface area contributed by atoms with Crippen LogP contribution in [-0.2, 0) is 6.54 Å². The van der Waals surface area contributed by atoms with Crippen molar-refractivity contribution in [3.63, 3.8) is 0 Å². The van der Waals surface area contributed by atoms with E-state index >= 15 is 0 Å². The van der Waals surface area contributed by atoms with Crippen LogP contribution in [0.3, 0.4) is 0 Å². The van der Waals surface area contributed by atoms with E-state index in [1.807, 2.05) is 24.3 Å². The first-order valence-electron chi connectivity index (χ1n) is 9.77. The molecule has 9 nitrogen and oxygen atoms in total. The Morgan fingerprint density at radius 1 is 1.00 bits per heavy atom. The number of carbonyl (C=O) groups is 1. The van der Waals surface area contributed by atoms with Crippen molar-refractivity contribution in [2.24, 2.45) is 0 Å². The Hall–Kier alpha value is -4.01. The summed E-state index contributed by atoms with van der Waals surface area (Å²) in [6, 6.07) is 13.2. The summed E-state index contributed by atoms with van der Waals surface area (Å²) < 4.78 is 18.3. The van der Waals surface area contributed by atoms with Gasteiger partial charge in [-0.05, 0) is 30.3 Å². The number of imidazole rings is 1. The zero-order valence-corrected chi connectivity index (χ0v) is 17.4. The van der Waals surface area contributed by atoms with Crippen LogP contribution in [-0.4, -0.2) is 53.5 Å². The largest absolute Gasteiger partial charge is 0.493 e. The fourth-order valence-electron chi connectivity index (χ4n) is 3.94. The Kier molecular flexibility index (Phi) is 4.50. The molecule has 1 aliphatic rings. The van der Waals surface area contributed by atoms with Crippen molar-refractivity contribution >= 4 is 22.9 Å². The molecule has 0 fully saturated rings. The van der Waals surface area contributed by atoms with Crippen molar-refractivity contribution < 1.29 is 19.0 Å². The molecule has 0 saturated carbocycles.